The molecule has 118 valence electrons. The second kappa shape index (κ2) is 6.48. The van der Waals surface area contributed by atoms with E-state index in [0.29, 0.717) is 6.54 Å². The van der Waals surface area contributed by atoms with E-state index in [0.717, 1.165) is 25.1 Å². The molecule has 1 aromatic carbocycles. The van der Waals surface area contributed by atoms with Crippen molar-refractivity contribution in [2.24, 2.45) is 0 Å². The molecule has 1 aromatic heterocycles. The van der Waals surface area contributed by atoms with Gasteiger partial charge in [-0.1, -0.05) is 0 Å². The summed E-state index contributed by atoms with van der Waals surface area (Å²) in [5.74, 6) is -1.31. The Kier molecular flexibility index (Phi) is 4.67. The van der Waals surface area contributed by atoms with Crippen LogP contribution in [0, 0.1) is 0 Å². The summed E-state index contributed by atoms with van der Waals surface area (Å²) in [6.07, 6.45) is 0.762. The number of hydrogen-bond acceptors (Lipinski definition) is 6. The summed E-state index contributed by atoms with van der Waals surface area (Å²) in [4.78, 5) is 25.9. The first-order valence-corrected chi connectivity index (χ1v) is 6.81. The van der Waals surface area contributed by atoms with Gasteiger partial charge < -0.3 is 24.8 Å². The molecule has 0 aliphatic rings. The van der Waals surface area contributed by atoms with Crippen LogP contribution >= 0.6 is 0 Å². The Hall–Kier alpha value is -2.54. The van der Waals surface area contributed by atoms with Crippen molar-refractivity contribution in [3.8, 4) is 11.5 Å². The number of fused-ring (bicyclic) bond motifs is 1. The summed E-state index contributed by atoms with van der Waals surface area (Å²) in [6.45, 7) is 1.27. The number of carbonyl (C=O) groups excluding carboxylic acids is 1. The Morgan fingerprint density at radius 3 is 2.68 bits per heavy atom. The van der Waals surface area contributed by atoms with Gasteiger partial charge in [0.05, 0.1) is 0 Å². The zero-order valence-corrected chi connectivity index (χ0v) is 12.4. The topological polar surface area (TPSA) is 103 Å². The van der Waals surface area contributed by atoms with E-state index in [4.69, 9.17) is 4.42 Å². The fraction of sp³-hybridized carbons (Fsp3) is 0.333. The first-order valence-electron chi connectivity index (χ1n) is 6.81. The third kappa shape index (κ3) is 3.56. The molecular formula is C15H18N2O5. The van der Waals surface area contributed by atoms with Gasteiger partial charge in [0.25, 0.3) is 5.91 Å². The lowest BCUT2D eigenvalue weighted by Crippen LogP contribution is -2.27. The highest BCUT2D eigenvalue weighted by molar-refractivity contribution is 5.94. The van der Waals surface area contributed by atoms with Crippen molar-refractivity contribution < 1.29 is 19.4 Å². The van der Waals surface area contributed by atoms with Crippen molar-refractivity contribution in [2.45, 2.75) is 6.42 Å². The maximum Gasteiger partial charge on any atom is 0.287 e. The molecule has 1 heterocycles. The quantitative estimate of drug-likeness (QED) is 0.709. The van der Waals surface area contributed by atoms with Gasteiger partial charge in [-0.05, 0) is 27.1 Å². The first-order chi connectivity index (χ1) is 10.4. The monoisotopic (exact) mass is 306 g/mol. The lowest BCUT2D eigenvalue weighted by atomic mass is 10.2. The minimum absolute atomic E-state index is 0.0385. The summed E-state index contributed by atoms with van der Waals surface area (Å²) < 4.78 is 5.30. The Bertz CT molecular complexity index is 751. The number of amides is 1. The van der Waals surface area contributed by atoms with Crippen molar-refractivity contribution in [2.75, 3.05) is 27.2 Å². The van der Waals surface area contributed by atoms with Gasteiger partial charge in [-0.2, -0.15) is 0 Å². The Morgan fingerprint density at radius 2 is 2.00 bits per heavy atom. The van der Waals surface area contributed by atoms with Gasteiger partial charge in [0.15, 0.2) is 11.2 Å². The molecular weight excluding hydrogens is 288 g/mol. The van der Waals surface area contributed by atoms with E-state index in [9.17, 15) is 19.8 Å². The number of phenols is 2. The summed E-state index contributed by atoms with van der Waals surface area (Å²) in [5, 5.41) is 21.7. The Balaban J connectivity index is 2.22. The van der Waals surface area contributed by atoms with Gasteiger partial charge in [0.2, 0.25) is 0 Å². The van der Waals surface area contributed by atoms with Crippen LogP contribution in [0.3, 0.4) is 0 Å². The van der Waals surface area contributed by atoms with Crippen molar-refractivity contribution in [3.05, 3.63) is 34.2 Å². The van der Waals surface area contributed by atoms with Crippen LogP contribution in [0.4, 0.5) is 0 Å². The van der Waals surface area contributed by atoms with E-state index in [1.807, 2.05) is 19.0 Å². The van der Waals surface area contributed by atoms with E-state index in [1.54, 1.807) is 0 Å². The Labute approximate surface area is 126 Å². The summed E-state index contributed by atoms with van der Waals surface area (Å²) in [6, 6.07) is 3.25. The van der Waals surface area contributed by atoms with Gasteiger partial charge in [-0.25, -0.2) is 0 Å². The molecule has 2 rings (SSSR count). The van der Waals surface area contributed by atoms with E-state index in [1.165, 1.54) is 6.07 Å². The molecule has 2 aromatic rings. The molecule has 0 bridgehead atoms. The van der Waals surface area contributed by atoms with Crippen LogP contribution in [-0.2, 0) is 0 Å². The van der Waals surface area contributed by atoms with Crippen LogP contribution in [0.1, 0.15) is 17.0 Å². The number of rotatable bonds is 5. The minimum Gasteiger partial charge on any atom is -0.508 e. The zero-order valence-electron chi connectivity index (χ0n) is 12.4. The predicted octanol–water partition coefficient (Wildman–Crippen LogP) is 0.886. The molecule has 0 unspecified atom stereocenters. The fourth-order valence-corrected chi connectivity index (χ4v) is 2.05. The number of nitrogens with one attached hydrogen (secondary N) is 1. The molecule has 0 fully saturated rings. The molecule has 7 nitrogen and oxygen atoms in total. The van der Waals surface area contributed by atoms with Crippen LogP contribution in [0.15, 0.2) is 27.4 Å². The van der Waals surface area contributed by atoms with Gasteiger partial charge >= 0.3 is 0 Å². The van der Waals surface area contributed by atoms with Gasteiger partial charge in [0.1, 0.15) is 22.5 Å². The molecule has 0 saturated heterocycles. The fourth-order valence-electron chi connectivity index (χ4n) is 2.05. The smallest absolute Gasteiger partial charge is 0.287 e. The average Bonchev–Trinajstić information content (AvgIpc) is 2.41. The molecule has 0 spiro atoms. The van der Waals surface area contributed by atoms with E-state index in [-0.39, 0.29) is 28.2 Å². The van der Waals surface area contributed by atoms with Gasteiger partial charge in [0, 0.05) is 24.7 Å². The van der Waals surface area contributed by atoms with Crippen molar-refractivity contribution in [3.63, 3.8) is 0 Å². The SMILES string of the molecule is CN(C)CCCNC(=O)c1cc(=O)c2c(O)cc(O)cc2o1. The van der Waals surface area contributed by atoms with E-state index >= 15 is 0 Å². The summed E-state index contributed by atoms with van der Waals surface area (Å²) in [7, 11) is 3.87. The number of aromatic hydroxyl groups is 2. The van der Waals surface area contributed by atoms with E-state index in [2.05, 4.69) is 5.32 Å². The van der Waals surface area contributed by atoms with Crippen LogP contribution in [0.2, 0.25) is 0 Å². The molecule has 0 aliphatic carbocycles. The summed E-state index contributed by atoms with van der Waals surface area (Å²) in [5.41, 5.74) is -0.583. The molecule has 0 atom stereocenters. The molecule has 1 amide bonds. The third-order valence-electron chi connectivity index (χ3n) is 3.09. The zero-order chi connectivity index (χ0) is 16.3. The van der Waals surface area contributed by atoms with Crippen molar-refractivity contribution >= 4 is 16.9 Å². The molecule has 3 N–H and O–H groups in total. The number of benzene rings is 1. The lowest BCUT2D eigenvalue weighted by Gasteiger charge is -2.10. The van der Waals surface area contributed by atoms with Crippen molar-refractivity contribution in [1.29, 1.82) is 0 Å². The second-order valence-electron chi connectivity index (χ2n) is 5.23. The van der Waals surface area contributed by atoms with Crippen LogP contribution < -0.4 is 10.7 Å². The highest BCUT2D eigenvalue weighted by Crippen LogP contribution is 2.27. The summed E-state index contributed by atoms with van der Waals surface area (Å²) >= 11 is 0. The maximum atomic E-state index is 12.0. The number of hydrogen-bond donors (Lipinski definition) is 3. The highest BCUT2D eigenvalue weighted by Gasteiger charge is 2.15. The van der Waals surface area contributed by atoms with Crippen LogP contribution in [0.25, 0.3) is 11.0 Å². The molecule has 0 radical (unpaired) electrons. The number of phenolic OH excluding ortho intramolecular Hbond substituents is 2. The van der Waals surface area contributed by atoms with Crippen LogP contribution in [0.5, 0.6) is 11.5 Å². The van der Waals surface area contributed by atoms with Crippen molar-refractivity contribution in [1.82, 2.24) is 10.2 Å². The van der Waals surface area contributed by atoms with Gasteiger partial charge in [-0.15, -0.1) is 0 Å². The maximum absolute atomic E-state index is 12.0. The molecule has 22 heavy (non-hydrogen) atoms. The predicted molar refractivity (Wildman–Crippen MR) is 81.3 cm³/mol. The largest absolute Gasteiger partial charge is 0.508 e. The normalized spacial score (nSPS) is 11.0. The second-order valence-corrected chi connectivity index (χ2v) is 5.23. The van der Waals surface area contributed by atoms with Gasteiger partial charge in [-0.3, -0.25) is 9.59 Å². The number of carbonyl (C=O) groups is 1. The average molecular weight is 306 g/mol. The molecule has 0 aliphatic heterocycles. The minimum atomic E-state index is -0.544. The number of nitrogens with zero attached hydrogens (tertiary/aromatic N) is 1. The third-order valence-corrected chi connectivity index (χ3v) is 3.09. The standard InChI is InChI=1S/C15H18N2O5/c1-17(2)5-3-4-16-15(21)13-8-11(20)14-10(19)6-9(18)7-12(14)22-13/h6-8,18-19H,3-5H2,1-2H3,(H,16,21). The lowest BCUT2D eigenvalue weighted by molar-refractivity contribution is 0.0925. The highest BCUT2D eigenvalue weighted by atomic mass is 16.3. The van der Waals surface area contributed by atoms with E-state index < -0.39 is 11.3 Å². The molecule has 7 heteroatoms. The first kappa shape index (κ1) is 15.8. The Morgan fingerprint density at radius 1 is 1.27 bits per heavy atom. The van der Waals surface area contributed by atoms with Crippen LogP contribution in [-0.4, -0.2) is 48.2 Å². The molecule has 0 saturated carbocycles.